The summed E-state index contributed by atoms with van der Waals surface area (Å²) in [7, 11) is 0. The fourth-order valence-corrected chi connectivity index (χ4v) is 3.18. The number of hydrogen-bond donors (Lipinski definition) is 2. The molecule has 0 unspecified atom stereocenters. The van der Waals surface area contributed by atoms with Crippen molar-refractivity contribution in [1.29, 1.82) is 0 Å². The molecule has 0 radical (unpaired) electrons. The Morgan fingerprint density at radius 3 is 2.74 bits per heavy atom. The van der Waals surface area contributed by atoms with Gasteiger partial charge in [-0.15, -0.1) is 0 Å². The number of aromatic amines is 1. The number of benzene rings is 2. The van der Waals surface area contributed by atoms with Crippen molar-refractivity contribution in [3.63, 3.8) is 0 Å². The Balaban J connectivity index is 1.41. The highest BCUT2D eigenvalue weighted by Crippen LogP contribution is 2.18. The van der Waals surface area contributed by atoms with E-state index in [9.17, 15) is 9.18 Å². The zero-order valence-corrected chi connectivity index (χ0v) is 14.9. The van der Waals surface area contributed by atoms with Crippen LogP contribution in [0.2, 0.25) is 0 Å². The van der Waals surface area contributed by atoms with E-state index in [0.717, 1.165) is 55.3 Å². The second-order valence-electron chi connectivity index (χ2n) is 6.66. The average Bonchev–Trinajstić information content (AvgIpc) is 3.06. The Morgan fingerprint density at radius 2 is 1.96 bits per heavy atom. The van der Waals surface area contributed by atoms with Crippen molar-refractivity contribution in [1.82, 2.24) is 14.9 Å². The molecule has 1 aliphatic rings. The van der Waals surface area contributed by atoms with Gasteiger partial charge in [-0.1, -0.05) is 12.1 Å². The van der Waals surface area contributed by atoms with Gasteiger partial charge in [0.1, 0.15) is 11.6 Å². The monoisotopic (exact) mass is 368 g/mol. The highest BCUT2D eigenvalue weighted by molar-refractivity contribution is 5.94. The molecular weight excluding hydrogens is 347 g/mol. The molecule has 1 fully saturated rings. The van der Waals surface area contributed by atoms with Gasteiger partial charge in [0.25, 0.3) is 0 Å². The first-order valence-corrected chi connectivity index (χ1v) is 8.99. The van der Waals surface area contributed by atoms with Crippen LogP contribution in [0.5, 0.6) is 0 Å². The number of anilines is 1. The number of halogens is 1. The standard InChI is InChI=1S/C20H21FN4O2/c21-15-3-1-14(2-4-15)11-20(26)22-16-5-6-17-18(12-16)24-19(23-17)13-25-7-9-27-10-8-25/h1-6,12H,7-11,13H2,(H,22,26)(H,23,24). The van der Waals surface area contributed by atoms with Crippen molar-refractivity contribution in [2.75, 3.05) is 31.6 Å². The SMILES string of the molecule is O=C(Cc1ccc(F)cc1)Nc1ccc2nc(CN3CCOCC3)[nH]c2c1. The van der Waals surface area contributed by atoms with Crippen molar-refractivity contribution in [3.8, 4) is 0 Å². The van der Waals surface area contributed by atoms with E-state index in [2.05, 4.69) is 20.2 Å². The van der Waals surface area contributed by atoms with Crippen molar-refractivity contribution < 1.29 is 13.9 Å². The lowest BCUT2D eigenvalue weighted by atomic mass is 10.1. The molecule has 2 aromatic carbocycles. The number of hydrogen-bond acceptors (Lipinski definition) is 4. The molecule has 1 aliphatic heterocycles. The first-order valence-electron chi connectivity index (χ1n) is 8.99. The van der Waals surface area contributed by atoms with Crippen LogP contribution in [0, 0.1) is 5.82 Å². The van der Waals surface area contributed by atoms with E-state index in [1.54, 1.807) is 12.1 Å². The lowest BCUT2D eigenvalue weighted by molar-refractivity contribution is -0.115. The predicted molar refractivity (Wildman–Crippen MR) is 101 cm³/mol. The topological polar surface area (TPSA) is 70.2 Å². The molecule has 0 bridgehead atoms. The van der Waals surface area contributed by atoms with Crippen LogP contribution in [-0.4, -0.2) is 47.1 Å². The van der Waals surface area contributed by atoms with Crippen LogP contribution >= 0.6 is 0 Å². The van der Waals surface area contributed by atoms with E-state index in [-0.39, 0.29) is 18.1 Å². The molecule has 0 atom stereocenters. The zero-order chi connectivity index (χ0) is 18.6. The quantitative estimate of drug-likeness (QED) is 0.727. The summed E-state index contributed by atoms with van der Waals surface area (Å²) in [6, 6.07) is 11.6. The number of H-pyrrole nitrogens is 1. The number of ether oxygens (including phenoxy) is 1. The minimum Gasteiger partial charge on any atom is -0.379 e. The summed E-state index contributed by atoms with van der Waals surface area (Å²) in [5, 5.41) is 2.88. The van der Waals surface area contributed by atoms with E-state index in [0.29, 0.717) is 5.69 Å². The van der Waals surface area contributed by atoms with Gasteiger partial charge < -0.3 is 15.0 Å². The van der Waals surface area contributed by atoms with Gasteiger partial charge in [0.2, 0.25) is 5.91 Å². The van der Waals surface area contributed by atoms with Gasteiger partial charge in [-0.25, -0.2) is 9.37 Å². The molecule has 2 heterocycles. The van der Waals surface area contributed by atoms with Crippen molar-refractivity contribution in [2.24, 2.45) is 0 Å². The first kappa shape index (κ1) is 17.6. The van der Waals surface area contributed by atoms with Gasteiger partial charge in [0.05, 0.1) is 37.2 Å². The van der Waals surface area contributed by atoms with Crippen LogP contribution in [0.25, 0.3) is 11.0 Å². The molecule has 0 saturated carbocycles. The van der Waals surface area contributed by atoms with Gasteiger partial charge in [-0.3, -0.25) is 9.69 Å². The number of carbonyl (C=O) groups is 1. The van der Waals surface area contributed by atoms with Gasteiger partial charge in [0, 0.05) is 18.8 Å². The van der Waals surface area contributed by atoms with Gasteiger partial charge >= 0.3 is 0 Å². The summed E-state index contributed by atoms with van der Waals surface area (Å²) in [5.41, 5.74) is 3.23. The molecule has 0 spiro atoms. The average molecular weight is 368 g/mol. The highest BCUT2D eigenvalue weighted by atomic mass is 19.1. The number of nitrogens with zero attached hydrogens (tertiary/aromatic N) is 2. The highest BCUT2D eigenvalue weighted by Gasteiger charge is 2.13. The van der Waals surface area contributed by atoms with Crippen LogP contribution in [0.4, 0.5) is 10.1 Å². The fraction of sp³-hybridized carbons (Fsp3) is 0.300. The number of fused-ring (bicyclic) bond motifs is 1. The van der Waals surface area contributed by atoms with E-state index in [1.165, 1.54) is 12.1 Å². The lowest BCUT2D eigenvalue weighted by Crippen LogP contribution is -2.35. The van der Waals surface area contributed by atoms with Gasteiger partial charge in [0.15, 0.2) is 0 Å². The summed E-state index contributed by atoms with van der Waals surface area (Å²) in [5.74, 6) is 0.451. The van der Waals surface area contributed by atoms with Crippen LogP contribution in [-0.2, 0) is 22.5 Å². The van der Waals surface area contributed by atoms with E-state index >= 15 is 0 Å². The minimum atomic E-state index is -0.309. The van der Waals surface area contributed by atoms with Crippen molar-refractivity contribution >= 4 is 22.6 Å². The number of nitrogens with one attached hydrogen (secondary N) is 2. The molecular formula is C20H21FN4O2. The molecule has 1 saturated heterocycles. The van der Waals surface area contributed by atoms with E-state index < -0.39 is 0 Å². The molecule has 6 nitrogen and oxygen atoms in total. The summed E-state index contributed by atoms with van der Waals surface area (Å²) >= 11 is 0. The van der Waals surface area contributed by atoms with Crippen LogP contribution in [0.1, 0.15) is 11.4 Å². The third-order valence-electron chi connectivity index (χ3n) is 4.57. The third kappa shape index (κ3) is 4.50. The molecule has 7 heteroatoms. The number of rotatable bonds is 5. The third-order valence-corrected chi connectivity index (χ3v) is 4.57. The van der Waals surface area contributed by atoms with Crippen LogP contribution < -0.4 is 5.32 Å². The van der Waals surface area contributed by atoms with E-state index in [1.807, 2.05) is 18.2 Å². The van der Waals surface area contributed by atoms with Crippen molar-refractivity contribution in [2.45, 2.75) is 13.0 Å². The first-order chi connectivity index (χ1) is 13.2. The maximum atomic E-state index is 13.0. The Bertz CT molecular complexity index is 933. The molecule has 27 heavy (non-hydrogen) atoms. The number of aromatic nitrogens is 2. The number of carbonyl (C=O) groups excluding carboxylic acids is 1. The van der Waals surface area contributed by atoms with Gasteiger partial charge in [-0.2, -0.15) is 0 Å². The lowest BCUT2D eigenvalue weighted by Gasteiger charge is -2.25. The second-order valence-corrected chi connectivity index (χ2v) is 6.66. The van der Waals surface area contributed by atoms with Crippen molar-refractivity contribution in [3.05, 3.63) is 59.7 Å². The second kappa shape index (κ2) is 7.85. The number of morpholine rings is 1. The fourth-order valence-electron chi connectivity index (χ4n) is 3.18. The summed E-state index contributed by atoms with van der Waals surface area (Å²) in [4.78, 5) is 22.5. The molecule has 1 amide bonds. The zero-order valence-electron chi connectivity index (χ0n) is 14.9. The molecule has 140 valence electrons. The smallest absolute Gasteiger partial charge is 0.228 e. The van der Waals surface area contributed by atoms with Crippen LogP contribution in [0.15, 0.2) is 42.5 Å². The molecule has 1 aromatic heterocycles. The van der Waals surface area contributed by atoms with E-state index in [4.69, 9.17) is 4.74 Å². The molecule has 4 rings (SSSR count). The van der Waals surface area contributed by atoms with Gasteiger partial charge in [-0.05, 0) is 35.9 Å². The molecule has 3 aromatic rings. The number of amides is 1. The number of imidazole rings is 1. The largest absolute Gasteiger partial charge is 0.379 e. The molecule has 2 N–H and O–H groups in total. The Hall–Kier alpha value is -2.77. The Morgan fingerprint density at radius 1 is 1.19 bits per heavy atom. The molecule has 0 aliphatic carbocycles. The normalized spacial score (nSPS) is 15.1. The summed E-state index contributed by atoms with van der Waals surface area (Å²) < 4.78 is 18.3. The van der Waals surface area contributed by atoms with Crippen LogP contribution in [0.3, 0.4) is 0 Å². The Kier molecular flexibility index (Phi) is 5.13. The maximum Gasteiger partial charge on any atom is 0.228 e. The summed E-state index contributed by atoms with van der Waals surface area (Å²) in [6.07, 6.45) is 0.198. The summed E-state index contributed by atoms with van der Waals surface area (Å²) in [6.45, 7) is 4.07. The minimum absolute atomic E-state index is 0.144. The predicted octanol–water partition coefficient (Wildman–Crippen LogP) is 2.72. The Labute approximate surface area is 156 Å². The maximum absolute atomic E-state index is 13.0.